The summed E-state index contributed by atoms with van der Waals surface area (Å²) in [5, 5.41) is 8.37. The molecule has 3 aromatic carbocycles. The molecule has 0 saturated carbocycles. The van der Waals surface area contributed by atoms with Crippen LogP contribution in [0, 0.1) is 17.0 Å². The van der Waals surface area contributed by atoms with E-state index in [9.17, 15) is 18.0 Å². The van der Waals surface area contributed by atoms with Crippen LogP contribution in [0.15, 0.2) is 67.4 Å². The van der Waals surface area contributed by atoms with Gasteiger partial charge in [-0.1, -0.05) is 63.3 Å². The molecule has 0 fully saturated rings. The van der Waals surface area contributed by atoms with E-state index < -0.39 is 44.0 Å². The first kappa shape index (κ1) is 42.0. The fraction of sp³-hybridized carbons (Fsp3) is 0.395. The van der Waals surface area contributed by atoms with E-state index in [1.807, 2.05) is 51.1 Å². The predicted octanol–water partition coefficient (Wildman–Crippen LogP) is 8.44. The maximum atomic E-state index is 15.6. The molecule has 5 aromatic rings. The fourth-order valence-electron chi connectivity index (χ4n) is 7.31. The molecule has 5 rings (SSSR count). The van der Waals surface area contributed by atoms with Gasteiger partial charge in [0.1, 0.15) is 23.2 Å². The maximum Gasteiger partial charge on any atom is 0.321 e. The van der Waals surface area contributed by atoms with Crippen LogP contribution in [0.2, 0.25) is 0 Å². The third-order valence-electron chi connectivity index (χ3n) is 10.1. The van der Waals surface area contributed by atoms with E-state index >= 15 is 8.78 Å². The number of ether oxygens (including phenoxy) is 2. The van der Waals surface area contributed by atoms with Crippen LogP contribution in [0.4, 0.5) is 8.78 Å². The van der Waals surface area contributed by atoms with Gasteiger partial charge >= 0.3 is 11.9 Å². The molecule has 1 unspecified atom stereocenters. The zero-order chi connectivity index (χ0) is 40.7. The largest absolute Gasteiger partial charge is 0.466 e. The monoisotopic (exact) mass is 788 g/mol. The average Bonchev–Trinajstić information content (AvgIpc) is 3.82. The third-order valence-corrected chi connectivity index (χ3v) is 12.0. The number of carbonyl (C=O) groups is 2. The lowest BCUT2D eigenvalue weighted by atomic mass is 9.75. The zero-order valence-electron chi connectivity index (χ0n) is 32.6. The Hall–Kier alpha value is -5.17. The van der Waals surface area contributed by atoms with Gasteiger partial charge in [0.05, 0.1) is 29.9 Å². The Kier molecular flexibility index (Phi) is 13.3. The Morgan fingerprint density at radius 1 is 0.929 bits per heavy atom. The van der Waals surface area contributed by atoms with E-state index in [4.69, 9.17) is 14.5 Å². The molecule has 0 saturated heterocycles. The van der Waals surface area contributed by atoms with Crippen LogP contribution in [-0.2, 0) is 47.2 Å². The molecule has 2 N–H and O–H groups in total. The first-order chi connectivity index (χ1) is 26.6. The molecule has 298 valence electrons. The normalized spacial score (nSPS) is 13.1. The Bertz CT molecular complexity index is 2320. The van der Waals surface area contributed by atoms with Crippen LogP contribution >= 0.6 is 0 Å². The second-order valence-corrected chi connectivity index (χ2v) is 17.1. The molecule has 13 heteroatoms. The number of aromatic nitrogens is 4. The number of hydrogen-bond donors (Lipinski definition) is 2. The van der Waals surface area contributed by atoms with Crippen molar-refractivity contribution in [1.82, 2.24) is 20.2 Å². The number of aryl methyl sites for hydroxylation is 1. The average molecular weight is 789 g/mol. The standard InChI is InChI=1S/C43H50F2N4O6S/c1-7-31-32-18-21-46-37(32)25-36(45)33(31)23-29-14-16-35(44)34(24-29)40-47-41(49-48-40)43(6,30-13-10-12-28(22-30)15-17-38(50)54-8-2)20-11-19-42(4,5)27-56(52,53)26-39(51)55-9-3/h7,10,12-14,16,18,21-22,24-25,46H,1,8-9,11,15,17,19-20,23,26-27H2,2-6H3,(H,47,48,49). The molecule has 2 aromatic heterocycles. The van der Waals surface area contributed by atoms with Crippen LogP contribution in [0.5, 0.6) is 0 Å². The molecule has 0 radical (unpaired) electrons. The first-order valence-electron chi connectivity index (χ1n) is 18.8. The van der Waals surface area contributed by atoms with Crippen LogP contribution in [0.3, 0.4) is 0 Å². The van der Waals surface area contributed by atoms with Gasteiger partial charge in [0, 0.05) is 35.5 Å². The Morgan fingerprint density at radius 2 is 1.68 bits per heavy atom. The minimum Gasteiger partial charge on any atom is -0.466 e. The molecule has 0 aliphatic carbocycles. The number of nitrogens with zero attached hydrogens (tertiary/aromatic N) is 2. The van der Waals surface area contributed by atoms with Gasteiger partial charge in [-0.25, -0.2) is 22.2 Å². The maximum absolute atomic E-state index is 15.6. The number of nitrogens with one attached hydrogen (secondary N) is 2. The first-order valence-corrected chi connectivity index (χ1v) is 20.6. The molecule has 56 heavy (non-hydrogen) atoms. The topological polar surface area (TPSA) is 144 Å². The number of sulfone groups is 1. The van der Waals surface area contributed by atoms with Crippen LogP contribution in [0.1, 0.15) is 93.9 Å². The molecule has 0 bridgehead atoms. The van der Waals surface area contributed by atoms with Gasteiger partial charge in [-0.05, 0) is 92.0 Å². The SMILES string of the molecule is C=Cc1c(Cc2ccc(F)c(-c3n[nH]c(C(C)(CCCC(C)(C)CS(=O)(=O)CC(=O)OCC)c4cccc(CCC(=O)OCC)c4)n3)c2)c(F)cc2[nH]ccc12. The summed E-state index contributed by atoms with van der Waals surface area (Å²) in [4.78, 5) is 32.0. The Balaban J connectivity index is 1.45. The number of hydrogen-bond acceptors (Lipinski definition) is 8. The van der Waals surface area contributed by atoms with E-state index in [1.54, 1.807) is 38.3 Å². The quantitative estimate of drug-likeness (QED) is 0.0794. The fourth-order valence-corrected chi connectivity index (χ4v) is 9.19. The van der Waals surface area contributed by atoms with Gasteiger partial charge in [0.15, 0.2) is 15.7 Å². The molecule has 10 nitrogen and oxygen atoms in total. The van der Waals surface area contributed by atoms with Gasteiger partial charge in [-0.2, -0.15) is 5.10 Å². The van der Waals surface area contributed by atoms with Crippen molar-refractivity contribution in [3.8, 4) is 11.4 Å². The Labute approximate surface area is 327 Å². The molecule has 2 heterocycles. The molecule has 1 atom stereocenters. The van der Waals surface area contributed by atoms with E-state index in [-0.39, 0.29) is 42.6 Å². The molecule has 0 aliphatic rings. The Morgan fingerprint density at radius 3 is 2.41 bits per heavy atom. The number of aromatic amines is 2. The summed E-state index contributed by atoms with van der Waals surface area (Å²) in [5.74, 6) is -2.29. The number of benzene rings is 3. The number of fused-ring (bicyclic) bond motifs is 1. The number of esters is 2. The van der Waals surface area contributed by atoms with Crippen molar-refractivity contribution in [2.45, 2.75) is 78.6 Å². The highest BCUT2D eigenvalue weighted by Crippen LogP contribution is 2.39. The second-order valence-electron chi connectivity index (χ2n) is 15.1. The van der Waals surface area contributed by atoms with Crippen molar-refractivity contribution in [1.29, 1.82) is 0 Å². The van der Waals surface area contributed by atoms with E-state index in [0.29, 0.717) is 60.3 Å². The number of rotatable bonds is 19. The summed E-state index contributed by atoms with van der Waals surface area (Å²) >= 11 is 0. The summed E-state index contributed by atoms with van der Waals surface area (Å²) < 4.78 is 66.7. The van der Waals surface area contributed by atoms with Crippen molar-refractivity contribution >= 4 is 38.8 Å². The summed E-state index contributed by atoms with van der Waals surface area (Å²) in [6.45, 7) is 13.4. The van der Waals surface area contributed by atoms with Gasteiger partial charge in [-0.15, -0.1) is 0 Å². The summed E-state index contributed by atoms with van der Waals surface area (Å²) in [7, 11) is -3.73. The molecule has 0 aliphatic heterocycles. The van der Waals surface area contributed by atoms with Crippen molar-refractivity contribution < 1.29 is 36.3 Å². The highest BCUT2D eigenvalue weighted by Gasteiger charge is 2.35. The van der Waals surface area contributed by atoms with Crippen molar-refractivity contribution in [3.63, 3.8) is 0 Å². The van der Waals surface area contributed by atoms with Crippen LogP contribution in [0.25, 0.3) is 28.4 Å². The summed E-state index contributed by atoms with van der Waals surface area (Å²) in [6, 6.07) is 15.7. The van der Waals surface area contributed by atoms with Crippen LogP contribution in [-0.4, -0.2) is 65.2 Å². The highest BCUT2D eigenvalue weighted by molar-refractivity contribution is 7.92. The lowest BCUT2D eigenvalue weighted by Crippen LogP contribution is -2.30. The summed E-state index contributed by atoms with van der Waals surface area (Å²) in [6.07, 6.45) is 5.78. The van der Waals surface area contributed by atoms with Crippen molar-refractivity contribution in [2.24, 2.45) is 5.41 Å². The lowest BCUT2D eigenvalue weighted by Gasteiger charge is -2.31. The third kappa shape index (κ3) is 10.2. The second kappa shape index (κ2) is 17.7. The summed E-state index contributed by atoms with van der Waals surface area (Å²) in [5.41, 5.74) is 2.86. The number of halogens is 2. The van der Waals surface area contributed by atoms with Gasteiger partial charge < -0.3 is 14.5 Å². The van der Waals surface area contributed by atoms with Gasteiger partial charge in [-0.3, -0.25) is 14.7 Å². The van der Waals surface area contributed by atoms with Gasteiger partial charge in [0.2, 0.25) is 0 Å². The molecular weight excluding hydrogens is 739 g/mol. The van der Waals surface area contributed by atoms with Gasteiger partial charge in [0.25, 0.3) is 0 Å². The van der Waals surface area contributed by atoms with Crippen molar-refractivity contribution in [3.05, 3.63) is 113 Å². The molecule has 0 amide bonds. The predicted molar refractivity (Wildman–Crippen MR) is 214 cm³/mol. The smallest absolute Gasteiger partial charge is 0.321 e. The van der Waals surface area contributed by atoms with E-state index in [0.717, 1.165) is 16.5 Å². The molecular formula is C43H50F2N4O6S. The van der Waals surface area contributed by atoms with Crippen LogP contribution < -0.4 is 0 Å². The van der Waals surface area contributed by atoms with E-state index in [2.05, 4.69) is 21.8 Å². The number of carbonyl (C=O) groups excluding carboxylic acids is 2. The highest BCUT2D eigenvalue weighted by atomic mass is 32.2. The minimum atomic E-state index is -3.73. The lowest BCUT2D eigenvalue weighted by molar-refractivity contribution is -0.143. The van der Waals surface area contributed by atoms with Crippen molar-refractivity contribution in [2.75, 3.05) is 24.7 Å². The molecule has 0 spiro atoms. The minimum absolute atomic E-state index is 0.101. The number of H-pyrrole nitrogens is 2. The van der Waals surface area contributed by atoms with E-state index in [1.165, 1.54) is 12.1 Å². The zero-order valence-corrected chi connectivity index (χ0v) is 33.5.